The van der Waals surface area contributed by atoms with Gasteiger partial charge < -0.3 is 23.5 Å². The van der Waals surface area contributed by atoms with Crippen LogP contribution >= 0.6 is 0 Å². The van der Waals surface area contributed by atoms with E-state index in [1.54, 1.807) is 0 Å². The van der Waals surface area contributed by atoms with Crippen molar-refractivity contribution in [3.8, 4) is 0 Å². The van der Waals surface area contributed by atoms with Crippen LogP contribution in [0.4, 0.5) is 0 Å². The van der Waals surface area contributed by atoms with Gasteiger partial charge in [0.1, 0.15) is 0 Å². The molecular weight excluding hydrogens is 191 g/mol. The monoisotopic (exact) mass is 193 g/mol. The molecular formula is F5Mo-5. The number of hydrogen-bond acceptors (Lipinski definition) is 0. The summed E-state index contributed by atoms with van der Waals surface area (Å²) in [6.07, 6.45) is 0. The van der Waals surface area contributed by atoms with Gasteiger partial charge in [-0.15, -0.1) is 0 Å². The Bertz CT molecular complexity index is 3.90. The zero-order valence-electron chi connectivity index (χ0n) is 2.30. The van der Waals surface area contributed by atoms with Crippen LogP contribution in [0.3, 0.4) is 0 Å². The Kier molecular flexibility index (Phi) is 231000. The van der Waals surface area contributed by atoms with E-state index in [-0.39, 0.29) is 44.6 Å². The van der Waals surface area contributed by atoms with Crippen molar-refractivity contribution in [3.05, 3.63) is 0 Å². The molecule has 0 heterocycles. The first-order valence-corrected chi connectivity index (χ1v) is 0. The molecule has 6 heavy (non-hydrogen) atoms. The number of hydrogen-bond donors (Lipinski definition) is 0. The predicted molar refractivity (Wildman–Crippen MR) is 0 cm³/mol. The fraction of sp³-hybridized carbons (Fsp3) is 0. The van der Waals surface area contributed by atoms with Crippen LogP contribution in [-0.4, -0.2) is 0 Å². The smallest absolute Gasteiger partial charge is 0 e. The number of halogens is 5. The molecule has 0 amide bonds. The van der Waals surface area contributed by atoms with Gasteiger partial charge in [-0.3, -0.25) is 0 Å². The Morgan fingerprint density at radius 3 is 0.333 bits per heavy atom. The van der Waals surface area contributed by atoms with E-state index in [0.717, 1.165) is 0 Å². The normalized spacial score (nSPS) is 0. The van der Waals surface area contributed by atoms with Gasteiger partial charge in [-0.25, -0.2) is 0 Å². The first-order chi connectivity index (χ1) is 0. The summed E-state index contributed by atoms with van der Waals surface area (Å²) in [5.41, 5.74) is 0. The Morgan fingerprint density at radius 1 is 0.333 bits per heavy atom. The Morgan fingerprint density at radius 2 is 0.333 bits per heavy atom. The minimum absolute atomic E-state index is 0. The SMILES string of the molecule is [F-].[F-].[F-].[F-].[F-].[Mo]. The molecule has 0 unspecified atom stereocenters. The van der Waals surface area contributed by atoms with Crippen molar-refractivity contribution < 1.29 is 44.6 Å². The van der Waals surface area contributed by atoms with Gasteiger partial charge in [0.15, 0.2) is 0 Å². The van der Waals surface area contributed by atoms with Crippen molar-refractivity contribution in [2.24, 2.45) is 0 Å². The molecule has 0 aromatic rings. The predicted octanol–water partition coefficient (Wildman–Crippen LogP) is -15.0. The van der Waals surface area contributed by atoms with Crippen molar-refractivity contribution in [2.45, 2.75) is 0 Å². The largest absolute Gasteiger partial charge is 1.00 e. The molecule has 0 N–H and O–H groups in total. The van der Waals surface area contributed by atoms with E-state index < -0.39 is 0 Å². The van der Waals surface area contributed by atoms with Crippen molar-refractivity contribution in [1.29, 1.82) is 0 Å². The second kappa shape index (κ2) is 878. The molecule has 0 spiro atoms. The summed E-state index contributed by atoms with van der Waals surface area (Å²) >= 11 is 0. The summed E-state index contributed by atoms with van der Waals surface area (Å²) < 4.78 is 0. The number of rotatable bonds is 0. The van der Waals surface area contributed by atoms with Crippen LogP contribution in [-0.2, 0) is 21.1 Å². The molecule has 46 valence electrons. The van der Waals surface area contributed by atoms with E-state index in [2.05, 4.69) is 0 Å². The van der Waals surface area contributed by atoms with Gasteiger partial charge in [0.25, 0.3) is 0 Å². The average molecular weight is 191 g/mol. The summed E-state index contributed by atoms with van der Waals surface area (Å²) in [4.78, 5) is 0. The molecule has 0 radical (unpaired) electrons. The molecule has 0 aromatic heterocycles. The van der Waals surface area contributed by atoms with Gasteiger partial charge >= 0.3 is 0 Å². The van der Waals surface area contributed by atoms with Gasteiger partial charge in [0.2, 0.25) is 0 Å². The van der Waals surface area contributed by atoms with E-state index in [4.69, 9.17) is 0 Å². The van der Waals surface area contributed by atoms with E-state index in [0.29, 0.717) is 0 Å². The summed E-state index contributed by atoms with van der Waals surface area (Å²) in [5, 5.41) is 0. The van der Waals surface area contributed by atoms with Gasteiger partial charge in [0, 0.05) is 21.1 Å². The molecule has 0 saturated heterocycles. The average Bonchev–Trinajstić information content (AvgIpc) is 0. The van der Waals surface area contributed by atoms with Crippen LogP contribution in [0.5, 0.6) is 0 Å². The second-order valence-corrected chi connectivity index (χ2v) is 0. The Labute approximate surface area is 45.4 Å². The molecule has 0 rings (SSSR count). The third-order valence-corrected chi connectivity index (χ3v) is 0. The van der Waals surface area contributed by atoms with Crippen LogP contribution in [0.1, 0.15) is 0 Å². The van der Waals surface area contributed by atoms with E-state index in [1.807, 2.05) is 0 Å². The third kappa shape index (κ3) is 422. The fourth-order valence-corrected chi connectivity index (χ4v) is 0. The van der Waals surface area contributed by atoms with Crippen molar-refractivity contribution in [1.82, 2.24) is 0 Å². The minimum Gasteiger partial charge on any atom is -1.00 e. The van der Waals surface area contributed by atoms with Crippen LogP contribution in [0.25, 0.3) is 0 Å². The van der Waals surface area contributed by atoms with Crippen molar-refractivity contribution in [3.63, 3.8) is 0 Å². The van der Waals surface area contributed by atoms with E-state index in [1.165, 1.54) is 0 Å². The topological polar surface area (TPSA) is 0 Å². The standard InChI is InChI=1S/5FH.Mo/h5*1H;/p-5. The molecule has 0 aliphatic carbocycles. The molecule has 0 atom stereocenters. The summed E-state index contributed by atoms with van der Waals surface area (Å²) in [5.74, 6) is 0. The Balaban J connectivity index is 0. The van der Waals surface area contributed by atoms with Crippen LogP contribution in [0.2, 0.25) is 0 Å². The maximum Gasteiger partial charge on any atom is 0 e. The second-order valence-electron chi connectivity index (χ2n) is 0. The first kappa shape index (κ1) is 1580. The van der Waals surface area contributed by atoms with Crippen LogP contribution in [0, 0.1) is 0 Å². The van der Waals surface area contributed by atoms with E-state index >= 15 is 0 Å². The van der Waals surface area contributed by atoms with Gasteiger partial charge in [-0.2, -0.15) is 0 Å². The molecule has 6 heteroatoms. The minimum atomic E-state index is 0. The van der Waals surface area contributed by atoms with Gasteiger partial charge in [0.05, 0.1) is 0 Å². The summed E-state index contributed by atoms with van der Waals surface area (Å²) in [6, 6.07) is 0. The summed E-state index contributed by atoms with van der Waals surface area (Å²) in [7, 11) is 0. The molecule has 0 fully saturated rings. The maximum absolute atomic E-state index is 0. The van der Waals surface area contributed by atoms with Gasteiger partial charge in [-0.1, -0.05) is 0 Å². The zero-order valence-corrected chi connectivity index (χ0v) is 4.31. The fourth-order valence-electron chi connectivity index (χ4n) is 0. The molecule has 0 nitrogen and oxygen atoms in total. The van der Waals surface area contributed by atoms with Crippen LogP contribution in [0.15, 0.2) is 0 Å². The molecule has 0 aliphatic rings. The van der Waals surface area contributed by atoms with Gasteiger partial charge in [-0.05, 0) is 0 Å². The summed E-state index contributed by atoms with van der Waals surface area (Å²) in [6.45, 7) is 0. The van der Waals surface area contributed by atoms with Crippen molar-refractivity contribution in [2.75, 3.05) is 0 Å². The molecule has 0 aliphatic heterocycles. The van der Waals surface area contributed by atoms with E-state index in [9.17, 15) is 0 Å². The quantitative estimate of drug-likeness (QED) is 0.263. The maximum atomic E-state index is 0. The van der Waals surface area contributed by atoms with Crippen molar-refractivity contribution >= 4 is 0 Å². The molecule has 0 bridgehead atoms. The molecule has 0 saturated carbocycles. The Hall–Kier alpha value is 0.338. The molecule has 0 aromatic carbocycles. The first-order valence-electron chi connectivity index (χ1n) is 0. The zero-order chi connectivity index (χ0) is 0. The van der Waals surface area contributed by atoms with Crippen LogP contribution < -0.4 is 23.5 Å². The third-order valence-electron chi connectivity index (χ3n) is 0.